The Hall–Kier alpha value is -1.36. The molecule has 0 bridgehead atoms. The molecule has 2 N–H and O–H groups in total. The van der Waals surface area contributed by atoms with Gasteiger partial charge < -0.3 is 9.84 Å². The average molecular weight is 143 g/mol. The predicted molar refractivity (Wildman–Crippen MR) is 29.8 cm³/mol. The molecule has 54 valence electrons. The first-order valence-electron chi connectivity index (χ1n) is 2.58. The van der Waals surface area contributed by atoms with Crippen molar-refractivity contribution in [3.8, 4) is 0 Å². The molecule has 2 amide bonds. The van der Waals surface area contributed by atoms with Crippen molar-refractivity contribution in [1.29, 1.82) is 0 Å². The second-order valence-electron chi connectivity index (χ2n) is 1.59. The minimum Gasteiger partial charge on any atom is -0.404 e. The number of carbonyl (C=O) groups excluding carboxylic acids is 2. The molecule has 0 aromatic rings. The van der Waals surface area contributed by atoms with Crippen molar-refractivity contribution in [2.45, 2.75) is 0 Å². The van der Waals surface area contributed by atoms with Gasteiger partial charge in [-0.05, 0) is 6.08 Å². The lowest BCUT2D eigenvalue weighted by atomic mass is 10.4. The van der Waals surface area contributed by atoms with Gasteiger partial charge in [-0.15, -0.1) is 0 Å². The van der Waals surface area contributed by atoms with E-state index < -0.39 is 12.0 Å². The highest BCUT2D eigenvalue weighted by Gasteiger charge is 2.25. The number of hydrogen-bond acceptors (Lipinski definition) is 4. The van der Waals surface area contributed by atoms with Gasteiger partial charge in [-0.1, -0.05) is 0 Å². The fraction of sp³-hybridized carbons (Fsp3) is 0.200. The molecule has 1 saturated heterocycles. The maximum absolute atomic E-state index is 10.5. The highest BCUT2D eigenvalue weighted by molar-refractivity contribution is 6.07. The first-order chi connectivity index (χ1) is 4.74. The number of hydrogen-bond donors (Lipinski definition) is 2. The molecule has 0 saturated carbocycles. The summed E-state index contributed by atoms with van der Waals surface area (Å²) < 4.78 is 4.32. The van der Waals surface area contributed by atoms with Gasteiger partial charge in [-0.3, -0.25) is 10.1 Å². The number of aliphatic hydroxyl groups is 1. The summed E-state index contributed by atoms with van der Waals surface area (Å²) in [4.78, 5) is 20.8. The number of alkyl carbamates (subject to hydrolysis) is 1. The molecular formula is C5H5NO4. The maximum atomic E-state index is 10.5. The molecule has 1 heterocycles. The van der Waals surface area contributed by atoms with Gasteiger partial charge in [0.05, 0.1) is 6.61 Å². The summed E-state index contributed by atoms with van der Waals surface area (Å²) in [5, 5.41) is 10.2. The molecule has 5 heteroatoms. The number of amides is 2. The normalized spacial score (nSPS) is 21.1. The van der Waals surface area contributed by atoms with Crippen LogP contribution in [0.25, 0.3) is 0 Å². The number of imide groups is 1. The zero-order valence-electron chi connectivity index (χ0n) is 4.96. The summed E-state index contributed by atoms with van der Waals surface area (Å²) in [6, 6.07) is 0. The minimum absolute atomic E-state index is 0.146. The van der Waals surface area contributed by atoms with Crippen LogP contribution in [0.1, 0.15) is 0 Å². The average Bonchev–Trinajstić information content (AvgIpc) is 2.13. The number of aliphatic hydroxyl groups excluding tert-OH is 1. The van der Waals surface area contributed by atoms with Crippen LogP contribution < -0.4 is 5.32 Å². The van der Waals surface area contributed by atoms with Crippen LogP contribution in [-0.2, 0) is 9.53 Å². The van der Waals surface area contributed by atoms with Crippen LogP contribution in [0.5, 0.6) is 0 Å². The van der Waals surface area contributed by atoms with Crippen LogP contribution in [-0.4, -0.2) is 23.7 Å². The summed E-state index contributed by atoms with van der Waals surface area (Å²) >= 11 is 0. The van der Waals surface area contributed by atoms with E-state index in [4.69, 9.17) is 5.11 Å². The Labute approximate surface area is 56.3 Å². The lowest BCUT2D eigenvalue weighted by Crippen LogP contribution is -2.18. The summed E-state index contributed by atoms with van der Waals surface area (Å²) in [5.41, 5.74) is 0. The second-order valence-corrected chi connectivity index (χ2v) is 1.59. The lowest BCUT2D eigenvalue weighted by Gasteiger charge is -1.86. The van der Waals surface area contributed by atoms with Crippen molar-refractivity contribution >= 4 is 12.0 Å². The van der Waals surface area contributed by atoms with Gasteiger partial charge in [0.1, 0.15) is 0 Å². The van der Waals surface area contributed by atoms with Gasteiger partial charge in [-0.25, -0.2) is 4.79 Å². The zero-order chi connectivity index (χ0) is 7.56. The van der Waals surface area contributed by atoms with E-state index in [0.717, 1.165) is 6.08 Å². The number of nitrogens with one attached hydrogen (secondary N) is 1. The van der Waals surface area contributed by atoms with E-state index in [2.05, 4.69) is 4.74 Å². The van der Waals surface area contributed by atoms with Crippen molar-refractivity contribution in [3.63, 3.8) is 0 Å². The van der Waals surface area contributed by atoms with Gasteiger partial charge in [-0.2, -0.15) is 0 Å². The van der Waals surface area contributed by atoms with E-state index in [-0.39, 0.29) is 12.4 Å². The van der Waals surface area contributed by atoms with Crippen LogP contribution in [0, 0.1) is 0 Å². The van der Waals surface area contributed by atoms with Crippen LogP contribution >= 0.6 is 0 Å². The van der Waals surface area contributed by atoms with E-state index in [9.17, 15) is 9.59 Å². The van der Waals surface area contributed by atoms with E-state index in [1.807, 2.05) is 5.32 Å². The lowest BCUT2D eigenvalue weighted by molar-refractivity contribution is -0.116. The monoisotopic (exact) mass is 143 g/mol. The van der Waals surface area contributed by atoms with Crippen molar-refractivity contribution in [1.82, 2.24) is 5.32 Å². The van der Waals surface area contributed by atoms with Crippen LogP contribution in [0.15, 0.2) is 11.8 Å². The summed E-state index contributed by atoms with van der Waals surface area (Å²) in [5.74, 6) is -0.758. The highest BCUT2D eigenvalue weighted by Crippen LogP contribution is 2.04. The maximum Gasteiger partial charge on any atom is 0.419 e. The van der Waals surface area contributed by atoms with Gasteiger partial charge in [0.15, 0.2) is 5.76 Å². The standard InChI is InChI=1S/C5H5NO4/c7-2-1-3-4(8)6-5(9)10-3/h1,7H,2H2,(H,6,8,9). The molecule has 10 heavy (non-hydrogen) atoms. The second kappa shape index (κ2) is 2.49. The third-order valence-electron chi connectivity index (χ3n) is 0.919. The molecule has 0 aromatic carbocycles. The van der Waals surface area contributed by atoms with Crippen molar-refractivity contribution < 1.29 is 19.4 Å². The third kappa shape index (κ3) is 1.14. The molecule has 0 atom stereocenters. The highest BCUT2D eigenvalue weighted by atomic mass is 16.6. The smallest absolute Gasteiger partial charge is 0.404 e. The summed E-state index contributed by atoms with van der Waals surface area (Å²) in [7, 11) is 0. The molecule has 0 aromatic heterocycles. The predicted octanol–water partition coefficient (Wildman–Crippen LogP) is -0.871. The number of rotatable bonds is 1. The molecule has 0 spiro atoms. The van der Waals surface area contributed by atoms with E-state index in [0.29, 0.717) is 0 Å². The number of ether oxygens (including phenoxy) is 1. The third-order valence-corrected chi connectivity index (χ3v) is 0.919. The van der Waals surface area contributed by atoms with Crippen molar-refractivity contribution in [3.05, 3.63) is 11.8 Å². The fourth-order valence-corrected chi connectivity index (χ4v) is 0.543. The van der Waals surface area contributed by atoms with E-state index in [1.165, 1.54) is 0 Å². The Morgan fingerprint density at radius 2 is 2.30 bits per heavy atom. The molecule has 0 aliphatic carbocycles. The zero-order valence-corrected chi connectivity index (χ0v) is 4.96. The minimum atomic E-state index is -0.801. The van der Waals surface area contributed by atoms with Crippen LogP contribution in [0.2, 0.25) is 0 Å². The van der Waals surface area contributed by atoms with E-state index in [1.54, 1.807) is 0 Å². The van der Waals surface area contributed by atoms with Gasteiger partial charge in [0.25, 0.3) is 5.91 Å². The summed E-state index contributed by atoms with van der Waals surface area (Å²) in [6.45, 7) is -0.323. The molecule has 1 rings (SSSR count). The number of carbonyl (C=O) groups is 2. The van der Waals surface area contributed by atoms with Crippen molar-refractivity contribution in [2.75, 3.05) is 6.61 Å². The Morgan fingerprint density at radius 1 is 1.60 bits per heavy atom. The van der Waals surface area contributed by atoms with Crippen LogP contribution in [0.3, 0.4) is 0 Å². The largest absolute Gasteiger partial charge is 0.419 e. The molecule has 1 fully saturated rings. The molecule has 1 aliphatic heterocycles. The fourth-order valence-electron chi connectivity index (χ4n) is 0.543. The Kier molecular flexibility index (Phi) is 1.68. The molecule has 0 unspecified atom stereocenters. The van der Waals surface area contributed by atoms with Gasteiger partial charge in [0.2, 0.25) is 0 Å². The number of cyclic esters (lactones) is 1. The Balaban J connectivity index is 2.72. The first-order valence-corrected chi connectivity index (χ1v) is 2.58. The molecule has 5 nitrogen and oxygen atoms in total. The van der Waals surface area contributed by atoms with Crippen molar-refractivity contribution in [2.24, 2.45) is 0 Å². The topological polar surface area (TPSA) is 75.6 Å². The summed E-state index contributed by atoms with van der Waals surface area (Å²) in [6.07, 6.45) is 0.310. The Morgan fingerprint density at radius 3 is 2.70 bits per heavy atom. The molecular weight excluding hydrogens is 138 g/mol. The van der Waals surface area contributed by atoms with Gasteiger partial charge in [0, 0.05) is 0 Å². The molecule has 1 aliphatic rings. The quantitative estimate of drug-likeness (QED) is 0.468. The van der Waals surface area contributed by atoms with Crippen LogP contribution in [0.4, 0.5) is 4.79 Å². The SMILES string of the molecule is O=C1NC(=O)C(=CCO)O1. The van der Waals surface area contributed by atoms with Gasteiger partial charge >= 0.3 is 6.09 Å². The molecule has 0 radical (unpaired) electrons. The first kappa shape index (κ1) is 6.76. The Bertz CT molecular complexity index is 208. The van der Waals surface area contributed by atoms with E-state index >= 15 is 0 Å².